The number of pyridine rings is 2. The SMILES string of the molecule is NCCCNc1cc(-c2cccc(NCc3cccc(F)c3)n2)c(Cl)cn1. The van der Waals surface area contributed by atoms with E-state index in [1.807, 2.05) is 30.3 Å². The number of nitrogens with zero attached hydrogens (tertiary/aromatic N) is 2. The number of rotatable bonds is 8. The van der Waals surface area contributed by atoms with Gasteiger partial charge < -0.3 is 16.4 Å². The van der Waals surface area contributed by atoms with Crippen molar-refractivity contribution in [2.75, 3.05) is 23.7 Å². The fraction of sp³-hybridized carbons (Fsp3) is 0.200. The molecule has 0 radical (unpaired) electrons. The second-order valence-electron chi connectivity index (χ2n) is 6.01. The number of hydrogen-bond acceptors (Lipinski definition) is 5. The maximum atomic E-state index is 13.3. The highest BCUT2D eigenvalue weighted by Crippen LogP contribution is 2.28. The van der Waals surface area contributed by atoms with Gasteiger partial charge in [-0.1, -0.05) is 29.8 Å². The van der Waals surface area contributed by atoms with Crippen molar-refractivity contribution in [2.45, 2.75) is 13.0 Å². The molecule has 3 rings (SSSR count). The molecule has 0 aliphatic carbocycles. The Hall–Kier alpha value is -2.70. The van der Waals surface area contributed by atoms with Crippen LogP contribution in [0.25, 0.3) is 11.3 Å². The molecule has 27 heavy (non-hydrogen) atoms. The molecule has 0 aliphatic heterocycles. The Labute approximate surface area is 162 Å². The lowest BCUT2D eigenvalue weighted by Crippen LogP contribution is -2.09. The fourth-order valence-corrected chi connectivity index (χ4v) is 2.77. The van der Waals surface area contributed by atoms with Crippen LogP contribution in [0.1, 0.15) is 12.0 Å². The van der Waals surface area contributed by atoms with Crippen LogP contribution in [0.2, 0.25) is 5.02 Å². The fourth-order valence-electron chi connectivity index (χ4n) is 2.57. The zero-order valence-electron chi connectivity index (χ0n) is 14.8. The van der Waals surface area contributed by atoms with Crippen molar-refractivity contribution in [1.82, 2.24) is 9.97 Å². The average molecular weight is 386 g/mol. The summed E-state index contributed by atoms with van der Waals surface area (Å²) in [5, 5.41) is 6.95. The summed E-state index contributed by atoms with van der Waals surface area (Å²) in [6.07, 6.45) is 2.47. The van der Waals surface area contributed by atoms with E-state index in [-0.39, 0.29) is 5.82 Å². The molecule has 2 heterocycles. The van der Waals surface area contributed by atoms with Crippen molar-refractivity contribution in [1.29, 1.82) is 0 Å². The number of halogens is 2. The first-order valence-corrected chi connectivity index (χ1v) is 9.09. The van der Waals surface area contributed by atoms with Crippen molar-refractivity contribution < 1.29 is 4.39 Å². The summed E-state index contributed by atoms with van der Waals surface area (Å²) < 4.78 is 13.3. The van der Waals surface area contributed by atoms with E-state index in [1.165, 1.54) is 12.1 Å². The standard InChI is InChI=1S/C20H21ClFN5/c21-17-13-26-20(24-9-3-8-23)11-16(17)18-6-2-7-19(27-18)25-12-14-4-1-5-15(22)10-14/h1-2,4-7,10-11,13H,3,8-9,12,23H2,(H,24,26)(H,25,27). The van der Waals surface area contributed by atoms with Gasteiger partial charge in [0.15, 0.2) is 0 Å². The first-order valence-electron chi connectivity index (χ1n) is 8.71. The number of nitrogens with two attached hydrogens (primary N) is 1. The van der Waals surface area contributed by atoms with Gasteiger partial charge in [0.1, 0.15) is 17.5 Å². The maximum absolute atomic E-state index is 13.3. The van der Waals surface area contributed by atoms with Gasteiger partial charge in [-0.25, -0.2) is 14.4 Å². The Bertz CT molecular complexity index is 903. The van der Waals surface area contributed by atoms with Crippen molar-refractivity contribution in [3.05, 3.63) is 71.1 Å². The highest BCUT2D eigenvalue weighted by atomic mass is 35.5. The first-order chi connectivity index (χ1) is 13.2. The van der Waals surface area contributed by atoms with Crippen molar-refractivity contribution in [3.63, 3.8) is 0 Å². The number of anilines is 2. The summed E-state index contributed by atoms with van der Waals surface area (Å²) >= 11 is 6.32. The molecule has 3 aromatic rings. The van der Waals surface area contributed by atoms with E-state index in [0.717, 1.165) is 35.6 Å². The number of hydrogen-bond donors (Lipinski definition) is 3. The van der Waals surface area contributed by atoms with E-state index in [0.29, 0.717) is 23.9 Å². The third-order valence-corrected chi connectivity index (χ3v) is 4.23. The van der Waals surface area contributed by atoms with E-state index < -0.39 is 0 Å². The minimum Gasteiger partial charge on any atom is -0.370 e. The molecule has 0 amide bonds. The van der Waals surface area contributed by atoms with Gasteiger partial charge in [-0.15, -0.1) is 0 Å². The van der Waals surface area contributed by atoms with Crippen LogP contribution in [0, 0.1) is 5.82 Å². The summed E-state index contributed by atoms with van der Waals surface area (Å²) in [6, 6.07) is 14.0. The van der Waals surface area contributed by atoms with Crippen LogP contribution in [0.4, 0.5) is 16.0 Å². The highest BCUT2D eigenvalue weighted by Gasteiger charge is 2.08. The molecule has 2 aromatic heterocycles. The first kappa shape index (κ1) is 19.1. The molecule has 0 saturated heterocycles. The highest BCUT2D eigenvalue weighted by molar-refractivity contribution is 6.33. The lowest BCUT2D eigenvalue weighted by atomic mass is 10.1. The normalized spacial score (nSPS) is 10.6. The summed E-state index contributed by atoms with van der Waals surface area (Å²) in [7, 11) is 0. The third-order valence-electron chi connectivity index (χ3n) is 3.93. The van der Waals surface area contributed by atoms with E-state index in [9.17, 15) is 4.39 Å². The Morgan fingerprint density at radius 2 is 1.89 bits per heavy atom. The van der Waals surface area contributed by atoms with Gasteiger partial charge in [-0.2, -0.15) is 0 Å². The lowest BCUT2D eigenvalue weighted by molar-refractivity contribution is 0.626. The minimum absolute atomic E-state index is 0.255. The summed E-state index contributed by atoms with van der Waals surface area (Å²) in [4.78, 5) is 8.89. The molecular weight excluding hydrogens is 365 g/mol. The van der Waals surface area contributed by atoms with Crippen LogP contribution in [-0.4, -0.2) is 23.1 Å². The van der Waals surface area contributed by atoms with E-state index in [1.54, 1.807) is 12.3 Å². The molecule has 0 aliphatic rings. The van der Waals surface area contributed by atoms with E-state index in [4.69, 9.17) is 17.3 Å². The van der Waals surface area contributed by atoms with Crippen molar-refractivity contribution in [2.24, 2.45) is 5.73 Å². The Morgan fingerprint density at radius 1 is 1.04 bits per heavy atom. The molecule has 7 heteroatoms. The van der Waals surface area contributed by atoms with Crippen LogP contribution in [0.3, 0.4) is 0 Å². The second kappa shape index (κ2) is 9.30. The predicted molar refractivity (Wildman–Crippen MR) is 108 cm³/mol. The number of aromatic nitrogens is 2. The molecule has 0 spiro atoms. The molecule has 1 aromatic carbocycles. The van der Waals surface area contributed by atoms with Gasteiger partial charge in [0, 0.05) is 24.8 Å². The van der Waals surface area contributed by atoms with Crippen LogP contribution >= 0.6 is 11.6 Å². The van der Waals surface area contributed by atoms with Gasteiger partial charge >= 0.3 is 0 Å². The molecule has 0 fully saturated rings. The van der Waals surface area contributed by atoms with E-state index in [2.05, 4.69) is 20.6 Å². The topological polar surface area (TPSA) is 75.9 Å². The largest absolute Gasteiger partial charge is 0.370 e. The minimum atomic E-state index is -0.255. The second-order valence-corrected chi connectivity index (χ2v) is 6.42. The molecule has 0 unspecified atom stereocenters. The Kier molecular flexibility index (Phi) is 6.57. The molecule has 140 valence electrons. The predicted octanol–water partition coefficient (Wildman–Crippen LogP) is 4.31. The zero-order chi connectivity index (χ0) is 19.1. The molecule has 0 atom stereocenters. The van der Waals surface area contributed by atoms with Gasteiger partial charge in [-0.3, -0.25) is 0 Å². The molecule has 5 nitrogen and oxygen atoms in total. The quantitative estimate of drug-likeness (QED) is 0.504. The van der Waals surface area contributed by atoms with Gasteiger partial charge in [0.25, 0.3) is 0 Å². The van der Waals surface area contributed by atoms with Crippen LogP contribution in [0.5, 0.6) is 0 Å². The zero-order valence-corrected chi connectivity index (χ0v) is 15.5. The molecule has 0 bridgehead atoms. The average Bonchev–Trinajstić information content (AvgIpc) is 2.68. The van der Waals surface area contributed by atoms with Gasteiger partial charge in [-0.05, 0) is 48.9 Å². The summed E-state index contributed by atoms with van der Waals surface area (Å²) in [6.45, 7) is 1.84. The van der Waals surface area contributed by atoms with Gasteiger partial charge in [0.05, 0.1) is 10.7 Å². The monoisotopic (exact) mass is 385 g/mol. The van der Waals surface area contributed by atoms with Crippen LogP contribution in [0.15, 0.2) is 54.7 Å². The van der Waals surface area contributed by atoms with Crippen molar-refractivity contribution >= 4 is 23.2 Å². The summed E-state index contributed by atoms with van der Waals surface area (Å²) in [5.74, 6) is 1.15. The molecule has 4 N–H and O–H groups in total. The third kappa shape index (κ3) is 5.39. The van der Waals surface area contributed by atoms with Crippen LogP contribution in [-0.2, 0) is 6.54 Å². The van der Waals surface area contributed by atoms with E-state index >= 15 is 0 Å². The summed E-state index contributed by atoms with van der Waals surface area (Å²) in [5.41, 5.74) is 7.88. The smallest absolute Gasteiger partial charge is 0.126 e. The lowest BCUT2D eigenvalue weighted by Gasteiger charge is -2.11. The maximum Gasteiger partial charge on any atom is 0.126 e. The van der Waals surface area contributed by atoms with Crippen molar-refractivity contribution in [3.8, 4) is 11.3 Å². The van der Waals surface area contributed by atoms with Crippen LogP contribution < -0.4 is 16.4 Å². The number of benzene rings is 1. The Morgan fingerprint density at radius 3 is 2.70 bits per heavy atom. The Balaban J connectivity index is 1.75. The molecule has 0 saturated carbocycles. The molecular formula is C20H21ClFN5. The van der Waals surface area contributed by atoms with Gasteiger partial charge in [0.2, 0.25) is 0 Å². The number of nitrogens with one attached hydrogen (secondary N) is 2.